The molecule has 0 unspecified atom stereocenters. The number of fused-ring (bicyclic) bond motifs is 1. The highest BCUT2D eigenvalue weighted by Gasteiger charge is 2.29. The fraction of sp³-hybridized carbons (Fsp3) is 0.250. The SMILES string of the molecule is O=S(=O)(c1cn[nH]c1)N1CCc2ccc(O)cc2C1. The van der Waals surface area contributed by atoms with Gasteiger partial charge in [0.2, 0.25) is 10.0 Å². The Bertz CT molecular complexity index is 695. The lowest BCUT2D eigenvalue weighted by Gasteiger charge is -2.27. The van der Waals surface area contributed by atoms with Crippen LogP contribution < -0.4 is 0 Å². The van der Waals surface area contributed by atoms with Gasteiger partial charge in [-0.2, -0.15) is 9.40 Å². The van der Waals surface area contributed by atoms with Crippen molar-refractivity contribution in [2.24, 2.45) is 0 Å². The minimum atomic E-state index is -3.52. The fourth-order valence-corrected chi connectivity index (χ4v) is 3.58. The zero-order valence-corrected chi connectivity index (χ0v) is 10.9. The summed E-state index contributed by atoms with van der Waals surface area (Å²) in [5, 5.41) is 15.7. The van der Waals surface area contributed by atoms with Gasteiger partial charge in [-0.3, -0.25) is 5.10 Å². The zero-order valence-electron chi connectivity index (χ0n) is 10.1. The maximum atomic E-state index is 12.3. The van der Waals surface area contributed by atoms with E-state index in [-0.39, 0.29) is 17.2 Å². The molecule has 6 nitrogen and oxygen atoms in total. The van der Waals surface area contributed by atoms with E-state index >= 15 is 0 Å². The van der Waals surface area contributed by atoms with E-state index in [1.807, 2.05) is 6.07 Å². The number of aromatic amines is 1. The van der Waals surface area contributed by atoms with Crippen LogP contribution in [0.15, 0.2) is 35.5 Å². The van der Waals surface area contributed by atoms with Gasteiger partial charge in [-0.15, -0.1) is 0 Å². The van der Waals surface area contributed by atoms with E-state index < -0.39 is 10.0 Å². The second kappa shape index (κ2) is 4.36. The number of sulfonamides is 1. The summed E-state index contributed by atoms with van der Waals surface area (Å²) in [4.78, 5) is 0.163. The predicted octanol–water partition coefficient (Wildman–Crippen LogP) is 0.862. The molecular weight excluding hydrogens is 266 g/mol. The van der Waals surface area contributed by atoms with Gasteiger partial charge in [0.25, 0.3) is 0 Å². The molecule has 100 valence electrons. The first kappa shape index (κ1) is 12.2. The number of aromatic hydroxyl groups is 1. The summed E-state index contributed by atoms with van der Waals surface area (Å²) in [6, 6.07) is 5.08. The van der Waals surface area contributed by atoms with Crippen LogP contribution in [0.5, 0.6) is 5.75 Å². The Balaban J connectivity index is 1.94. The number of hydrogen-bond acceptors (Lipinski definition) is 4. The molecule has 0 fully saturated rings. The standard InChI is InChI=1S/C12H13N3O3S/c16-11-2-1-9-3-4-15(8-10(9)5-11)19(17,18)12-6-13-14-7-12/h1-2,5-7,16H,3-4,8H2,(H,13,14). The van der Waals surface area contributed by atoms with Crippen LogP contribution in [0.1, 0.15) is 11.1 Å². The Morgan fingerprint density at radius 3 is 2.89 bits per heavy atom. The van der Waals surface area contributed by atoms with Crippen molar-refractivity contribution in [3.63, 3.8) is 0 Å². The number of nitrogens with one attached hydrogen (secondary N) is 1. The smallest absolute Gasteiger partial charge is 0.246 e. The minimum Gasteiger partial charge on any atom is -0.508 e. The first-order valence-electron chi connectivity index (χ1n) is 5.87. The van der Waals surface area contributed by atoms with Crippen molar-refractivity contribution in [3.05, 3.63) is 41.7 Å². The van der Waals surface area contributed by atoms with Gasteiger partial charge in [0.05, 0.1) is 6.20 Å². The van der Waals surface area contributed by atoms with Crippen LogP contribution in [0.4, 0.5) is 0 Å². The molecule has 1 aliphatic heterocycles. The van der Waals surface area contributed by atoms with E-state index in [1.54, 1.807) is 12.1 Å². The third kappa shape index (κ3) is 2.11. The summed E-state index contributed by atoms with van der Waals surface area (Å²) in [7, 11) is -3.52. The molecule has 0 amide bonds. The molecule has 0 aliphatic carbocycles. The summed E-state index contributed by atoms with van der Waals surface area (Å²) in [5.74, 6) is 0.154. The molecule has 1 aromatic heterocycles. The van der Waals surface area contributed by atoms with E-state index in [2.05, 4.69) is 10.2 Å². The van der Waals surface area contributed by atoms with E-state index in [1.165, 1.54) is 16.7 Å². The van der Waals surface area contributed by atoms with E-state index in [0.29, 0.717) is 13.0 Å². The van der Waals surface area contributed by atoms with Crippen molar-refractivity contribution < 1.29 is 13.5 Å². The molecule has 19 heavy (non-hydrogen) atoms. The summed E-state index contributed by atoms with van der Waals surface area (Å²) in [6.45, 7) is 0.711. The number of aromatic nitrogens is 2. The van der Waals surface area contributed by atoms with Gasteiger partial charge in [0.1, 0.15) is 10.6 Å². The average Bonchev–Trinajstić information content (AvgIpc) is 2.92. The van der Waals surface area contributed by atoms with Crippen molar-refractivity contribution >= 4 is 10.0 Å². The highest BCUT2D eigenvalue weighted by molar-refractivity contribution is 7.89. The third-order valence-electron chi connectivity index (χ3n) is 3.28. The lowest BCUT2D eigenvalue weighted by molar-refractivity contribution is 0.389. The Morgan fingerprint density at radius 1 is 1.32 bits per heavy atom. The summed E-state index contributed by atoms with van der Waals surface area (Å²) in [6.07, 6.45) is 3.31. The van der Waals surface area contributed by atoms with Crippen molar-refractivity contribution in [2.75, 3.05) is 6.54 Å². The van der Waals surface area contributed by atoms with Crippen molar-refractivity contribution in [3.8, 4) is 5.75 Å². The number of hydrogen-bond donors (Lipinski definition) is 2. The van der Waals surface area contributed by atoms with Crippen molar-refractivity contribution in [1.82, 2.24) is 14.5 Å². The Kier molecular flexibility index (Phi) is 2.79. The zero-order chi connectivity index (χ0) is 13.5. The number of H-pyrrole nitrogens is 1. The second-order valence-corrected chi connectivity index (χ2v) is 6.41. The monoisotopic (exact) mass is 279 g/mol. The van der Waals surface area contributed by atoms with Gasteiger partial charge < -0.3 is 5.11 Å². The average molecular weight is 279 g/mol. The van der Waals surface area contributed by atoms with Crippen LogP contribution in [-0.2, 0) is 23.0 Å². The molecule has 1 aliphatic rings. The van der Waals surface area contributed by atoms with Crippen molar-refractivity contribution in [1.29, 1.82) is 0 Å². The molecule has 1 aromatic carbocycles. The predicted molar refractivity (Wildman–Crippen MR) is 68.0 cm³/mol. The number of rotatable bonds is 2. The van der Waals surface area contributed by atoms with E-state index in [0.717, 1.165) is 11.1 Å². The number of nitrogens with zero attached hydrogens (tertiary/aromatic N) is 2. The van der Waals surface area contributed by atoms with E-state index in [4.69, 9.17) is 0 Å². The Hall–Kier alpha value is -1.86. The van der Waals surface area contributed by atoms with Crippen LogP contribution in [0.2, 0.25) is 0 Å². The summed E-state index contributed by atoms with van der Waals surface area (Å²) < 4.78 is 26.1. The van der Waals surface area contributed by atoms with Crippen molar-refractivity contribution in [2.45, 2.75) is 17.9 Å². The van der Waals surface area contributed by atoms with Crippen LogP contribution >= 0.6 is 0 Å². The van der Waals surface area contributed by atoms with Crippen LogP contribution in [-0.4, -0.2) is 34.6 Å². The topological polar surface area (TPSA) is 86.3 Å². The highest BCUT2D eigenvalue weighted by atomic mass is 32.2. The lowest BCUT2D eigenvalue weighted by atomic mass is 10.0. The first-order valence-corrected chi connectivity index (χ1v) is 7.31. The van der Waals surface area contributed by atoms with Gasteiger partial charge in [0.15, 0.2) is 0 Å². The quantitative estimate of drug-likeness (QED) is 0.853. The normalized spacial score (nSPS) is 16.2. The third-order valence-corrected chi connectivity index (χ3v) is 5.09. The molecule has 0 saturated carbocycles. The maximum Gasteiger partial charge on any atom is 0.246 e. The highest BCUT2D eigenvalue weighted by Crippen LogP contribution is 2.26. The molecule has 2 heterocycles. The molecule has 0 bridgehead atoms. The molecule has 2 aromatic rings. The second-order valence-electron chi connectivity index (χ2n) is 4.48. The van der Waals surface area contributed by atoms with Gasteiger partial charge >= 0.3 is 0 Å². The van der Waals surface area contributed by atoms with E-state index in [9.17, 15) is 13.5 Å². The number of benzene rings is 1. The molecule has 2 N–H and O–H groups in total. The molecule has 0 spiro atoms. The van der Waals surface area contributed by atoms with Crippen LogP contribution in [0.3, 0.4) is 0 Å². The maximum absolute atomic E-state index is 12.3. The number of phenols is 1. The van der Waals surface area contributed by atoms with Gasteiger partial charge in [0, 0.05) is 19.3 Å². The summed E-state index contributed by atoms with van der Waals surface area (Å²) >= 11 is 0. The fourth-order valence-electron chi connectivity index (χ4n) is 2.25. The van der Waals surface area contributed by atoms with Gasteiger partial charge in [-0.1, -0.05) is 6.07 Å². The largest absolute Gasteiger partial charge is 0.508 e. The molecule has 0 atom stereocenters. The van der Waals surface area contributed by atoms with Crippen LogP contribution in [0, 0.1) is 0 Å². The molecular formula is C12H13N3O3S. The molecule has 0 saturated heterocycles. The Morgan fingerprint density at radius 2 is 2.16 bits per heavy atom. The minimum absolute atomic E-state index is 0.154. The van der Waals surface area contributed by atoms with Crippen LogP contribution in [0.25, 0.3) is 0 Å². The number of phenolic OH excluding ortho intramolecular Hbond substituents is 1. The molecule has 0 radical (unpaired) electrons. The lowest BCUT2D eigenvalue weighted by Crippen LogP contribution is -2.35. The van der Waals surface area contributed by atoms with Gasteiger partial charge in [-0.25, -0.2) is 8.42 Å². The molecule has 7 heteroatoms. The Labute approximate surface area is 110 Å². The van der Waals surface area contributed by atoms with Gasteiger partial charge in [-0.05, 0) is 29.7 Å². The molecule has 3 rings (SSSR count). The first-order chi connectivity index (χ1) is 9.07. The summed E-state index contributed by atoms with van der Waals surface area (Å²) in [5.41, 5.74) is 1.93.